The highest BCUT2D eigenvalue weighted by Crippen LogP contribution is 2.26. The number of hydrogen-bond donors (Lipinski definition) is 3. The maximum Gasteiger partial charge on any atom is 0.354 e. The van der Waals surface area contributed by atoms with E-state index in [1.807, 2.05) is 6.07 Å². The highest BCUT2D eigenvalue weighted by Gasteiger charge is 2.24. The normalized spacial score (nSPS) is 20.1. The fourth-order valence-electron chi connectivity index (χ4n) is 2.80. The Hall–Kier alpha value is -2.15. The van der Waals surface area contributed by atoms with Crippen molar-refractivity contribution in [2.75, 3.05) is 13.1 Å². The number of carboxylic acids is 1. The van der Waals surface area contributed by atoms with Gasteiger partial charge in [0.05, 0.1) is 6.20 Å². The van der Waals surface area contributed by atoms with E-state index in [1.54, 1.807) is 12.4 Å². The molecule has 20 heavy (non-hydrogen) atoms. The average Bonchev–Trinajstić information content (AvgIpc) is 3.10. The molecule has 7 heteroatoms. The topological polar surface area (TPSA) is 97.9 Å². The lowest BCUT2D eigenvalue weighted by molar-refractivity contribution is 0.0687. The van der Waals surface area contributed by atoms with E-state index in [1.165, 1.54) is 0 Å². The van der Waals surface area contributed by atoms with Gasteiger partial charge >= 0.3 is 5.97 Å². The SMILES string of the molecule is O=C(O)c1[nH]ncc1CN1CCCC(c2ccn[nH]2)C1. The van der Waals surface area contributed by atoms with Crippen LogP contribution >= 0.6 is 0 Å². The van der Waals surface area contributed by atoms with Crippen molar-refractivity contribution in [1.29, 1.82) is 0 Å². The molecule has 1 aliphatic heterocycles. The first-order chi connectivity index (χ1) is 9.74. The van der Waals surface area contributed by atoms with Gasteiger partial charge < -0.3 is 5.11 Å². The third-order valence-corrected chi connectivity index (χ3v) is 3.79. The highest BCUT2D eigenvalue weighted by molar-refractivity contribution is 5.86. The first-order valence-electron chi connectivity index (χ1n) is 6.71. The van der Waals surface area contributed by atoms with Crippen LogP contribution in [0.3, 0.4) is 0 Å². The summed E-state index contributed by atoms with van der Waals surface area (Å²) < 4.78 is 0. The lowest BCUT2D eigenvalue weighted by Gasteiger charge is -2.31. The summed E-state index contributed by atoms with van der Waals surface area (Å²) in [5, 5.41) is 22.5. The Morgan fingerprint density at radius 3 is 3.10 bits per heavy atom. The molecule has 7 nitrogen and oxygen atoms in total. The van der Waals surface area contributed by atoms with Crippen molar-refractivity contribution in [3.63, 3.8) is 0 Å². The Balaban J connectivity index is 1.68. The molecule has 1 atom stereocenters. The van der Waals surface area contributed by atoms with E-state index >= 15 is 0 Å². The lowest BCUT2D eigenvalue weighted by Crippen LogP contribution is -2.34. The van der Waals surface area contributed by atoms with Crippen LogP contribution in [-0.2, 0) is 6.54 Å². The standard InChI is InChI=1S/C13H17N5O2/c19-13(20)12-10(6-15-17-12)8-18-5-1-2-9(7-18)11-3-4-14-16-11/h3-4,6,9H,1-2,5,7-8H2,(H,14,16)(H,15,17)(H,19,20). The number of aromatic nitrogens is 4. The first-order valence-corrected chi connectivity index (χ1v) is 6.71. The fourth-order valence-corrected chi connectivity index (χ4v) is 2.80. The molecule has 0 spiro atoms. The number of nitrogens with one attached hydrogen (secondary N) is 2. The zero-order chi connectivity index (χ0) is 13.9. The van der Waals surface area contributed by atoms with Gasteiger partial charge in [-0.3, -0.25) is 15.1 Å². The molecular formula is C13H17N5O2. The molecule has 0 amide bonds. The van der Waals surface area contributed by atoms with Crippen LogP contribution in [0.5, 0.6) is 0 Å². The Morgan fingerprint density at radius 1 is 1.45 bits per heavy atom. The highest BCUT2D eigenvalue weighted by atomic mass is 16.4. The number of nitrogens with zero attached hydrogens (tertiary/aromatic N) is 3. The Bertz CT molecular complexity index is 577. The van der Waals surface area contributed by atoms with E-state index in [9.17, 15) is 4.79 Å². The van der Waals surface area contributed by atoms with Gasteiger partial charge in [-0.15, -0.1) is 0 Å². The molecule has 3 rings (SSSR count). The second-order valence-corrected chi connectivity index (χ2v) is 5.16. The minimum atomic E-state index is -0.959. The molecule has 0 saturated carbocycles. The number of carbonyl (C=O) groups is 1. The summed E-state index contributed by atoms with van der Waals surface area (Å²) in [5.41, 5.74) is 2.08. The fraction of sp³-hybridized carbons (Fsp3) is 0.462. The van der Waals surface area contributed by atoms with Gasteiger partial charge in [0.1, 0.15) is 5.69 Å². The minimum Gasteiger partial charge on any atom is -0.477 e. The maximum absolute atomic E-state index is 11.1. The van der Waals surface area contributed by atoms with Gasteiger partial charge in [-0.1, -0.05) is 0 Å². The van der Waals surface area contributed by atoms with Gasteiger partial charge in [-0.2, -0.15) is 10.2 Å². The van der Waals surface area contributed by atoms with Crippen molar-refractivity contribution in [3.05, 3.63) is 35.4 Å². The first kappa shape index (κ1) is 12.9. The Kier molecular flexibility index (Phi) is 3.51. The summed E-state index contributed by atoms with van der Waals surface area (Å²) >= 11 is 0. The number of H-pyrrole nitrogens is 2. The van der Waals surface area contributed by atoms with Crippen molar-refractivity contribution in [2.24, 2.45) is 0 Å². The van der Waals surface area contributed by atoms with Gasteiger partial charge in [-0.25, -0.2) is 4.79 Å². The maximum atomic E-state index is 11.1. The molecule has 0 radical (unpaired) electrons. The minimum absolute atomic E-state index is 0.189. The van der Waals surface area contributed by atoms with Gasteiger partial charge in [0.25, 0.3) is 0 Å². The molecule has 1 saturated heterocycles. The largest absolute Gasteiger partial charge is 0.477 e. The number of rotatable bonds is 4. The number of likely N-dealkylation sites (tertiary alicyclic amines) is 1. The van der Waals surface area contributed by atoms with Crippen LogP contribution in [0.4, 0.5) is 0 Å². The number of aromatic carboxylic acids is 1. The zero-order valence-electron chi connectivity index (χ0n) is 11.0. The summed E-state index contributed by atoms with van der Waals surface area (Å²) in [6, 6.07) is 2.01. The van der Waals surface area contributed by atoms with E-state index < -0.39 is 5.97 Å². The molecule has 0 aliphatic carbocycles. The van der Waals surface area contributed by atoms with E-state index in [0.29, 0.717) is 12.5 Å². The van der Waals surface area contributed by atoms with Crippen LogP contribution in [0.15, 0.2) is 18.5 Å². The van der Waals surface area contributed by atoms with Crippen molar-refractivity contribution < 1.29 is 9.90 Å². The van der Waals surface area contributed by atoms with Crippen LogP contribution in [0.2, 0.25) is 0 Å². The van der Waals surface area contributed by atoms with E-state index in [2.05, 4.69) is 25.3 Å². The van der Waals surface area contributed by atoms with Crippen LogP contribution in [0.1, 0.15) is 40.5 Å². The molecule has 0 aromatic carbocycles. The molecule has 1 aliphatic rings. The van der Waals surface area contributed by atoms with Crippen molar-refractivity contribution in [3.8, 4) is 0 Å². The third-order valence-electron chi connectivity index (χ3n) is 3.79. The molecule has 0 bridgehead atoms. The molecular weight excluding hydrogens is 258 g/mol. The van der Waals surface area contributed by atoms with Gasteiger partial charge in [-0.05, 0) is 25.5 Å². The second kappa shape index (κ2) is 5.46. The third kappa shape index (κ3) is 2.57. The molecule has 3 heterocycles. The van der Waals surface area contributed by atoms with E-state index in [0.717, 1.165) is 37.2 Å². The Morgan fingerprint density at radius 2 is 2.35 bits per heavy atom. The summed E-state index contributed by atoms with van der Waals surface area (Å²) in [6.07, 6.45) is 5.61. The monoisotopic (exact) mass is 275 g/mol. The number of hydrogen-bond acceptors (Lipinski definition) is 4. The van der Waals surface area contributed by atoms with Crippen LogP contribution in [0, 0.1) is 0 Å². The van der Waals surface area contributed by atoms with Crippen molar-refractivity contribution in [2.45, 2.75) is 25.3 Å². The smallest absolute Gasteiger partial charge is 0.354 e. The predicted octanol–water partition coefficient (Wildman–Crippen LogP) is 1.21. The lowest BCUT2D eigenvalue weighted by atomic mass is 9.94. The van der Waals surface area contributed by atoms with Crippen LogP contribution < -0.4 is 0 Å². The molecule has 1 fully saturated rings. The van der Waals surface area contributed by atoms with E-state index in [4.69, 9.17) is 5.11 Å². The van der Waals surface area contributed by atoms with Crippen molar-refractivity contribution >= 4 is 5.97 Å². The van der Waals surface area contributed by atoms with Crippen LogP contribution in [0.25, 0.3) is 0 Å². The zero-order valence-corrected chi connectivity index (χ0v) is 11.0. The number of aromatic amines is 2. The molecule has 2 aromatic heterocycles. The van der Waals surface area contributed by atoms with E-state index in [-0.39, 0.29) is 5.69 Å². The Labute approximate surface area is 116 Å². The second-order valence-electron chi connectivity index (χ2n) is 5.16. The van der Waals surface area contributed by atoms with Gasteiger partial charge in [0, 0.05) is 36.5 Å². The van der Waals surface area contributed by atoms with Crippen molar-refractivity contribution in [1.82, 2.24) is 25.3 Å². The molecule has 2 aromatic rings. The summed E-state index contributed by atoms with van der Waals surface area (Å²) in [5.74, 6) is -0.522. The number of carboxylic acid groups (broad SMARTS) is 1. The molecule has 106 valence electrons. The quantitative estimate of drug-likeness (QED) is 0.779. The predicted molar refractivity (Wildman–Crippen MR) is 71.4 cm³/mol. The summed E-state index contributed by atoms with van der Waals surface area (Å²) in [7, 11) is 0. The van der Waals surface area contributed by atoms with Gasteiger partial charge in [0.2, 0.25) is 0 Å². The summed E-state index contributed by atoms with van der Waals surface area (Å²) in [4.78, 5) is 13.3. The van der Waals surface area contributed by atoms with Crippen LogP contribution in [-0.4, -0.2) is 49.5 Å². The molecule has 3 N–H and O–H groups in total. The van der Waals surface area contributed by atoms with Gasteiger partial charge in [0.15, 0.2) is 0 Å². The summed E-state index contributed by atoms with van der Waals surface area (Å²) in [6.45, 7) is 2.50. The number of piperidine rings is 1. The molecule has 1 unspecified atom stereocenters. The average molecular weight is 275 g/mol.